The van der Waals surface area contributed by atoms with Crippen LogP contribution in [0.4, 0.5) is 0 Å². The maximum atomic E-state index is 6.00. The number of fused-ring (bicyclic) bond motifs is 1. The molecule has 3 heteroatoms. The third-order valence-corrected chi connectivity index (χ3v) is 4.94. The van der Waals surface area contributed by atoms with E-state index >= 15 is 0 Å². The van der Waals surface area contributed by atoms with E-state index in [0.29, 0.717) is 11.8 Å². The first-order chi connectivity index (χ1) is 9.79. The molecule has 2 unspecified atom stereocenters. The fourth-order valence-electron chi connectivity index (χ4n) is 3.65. The number of imidazole rings is 1. The Kier molecular flexibility index (Phi) is 4.06. The summed E-state index contributed by atoms with van der Waals surface area (Å²) in [6.45, 7) is 0.828. The standard InChI is InChI=1S/C17H25N3/c1-20-16-10-6-5-9-15(16)19-17(20)11-13-7-3-2-4-8-14(13)12-18/h5-6,9-10,13-14H,2-4,7-8,11-12,18H2,1H3. The van der Waals surface area contributed by atoms with Crippen LogP contribution in [-0.4, -0.2) is 16.1 Å². The zero-order valence-electron chi connectivity index (χ0n) is 12.4. The van der Waals surface area contributed by atoms with Crippen LogP contribution in [0, 0.1) is 11.8 Å². The van der Waals surface area contributed by atoms with Crippen LogP contribution in [0.25, 0.3) is 11.0 Å². The van der Waals surface area contributed by atoms with Crippen molar-refractivity contribution in [2.45, 2.75) is 38.5 Å². The minimum atomic E-state index is 0.678. The molecule has 0 bridgehead atoms. The highest BCUT2D eigenvalue weighted by Gasteiger charge is 2.24. The molecule has 1 aliphatic rings. The predicted molar refractivity (Wildman–Crippen MR) is 83.5 cm³/mol. The zero-order valence-corrected chi connectivity index (χ0v) is 12.4. The highest BCUT2D eigenvalue weighted by atomic mass is 15.1. The molecule has 1 aromatic heterocycles. The molecule has 2 atom stereocenters. The molecule has 2 aromatic rings. The summed E-state index contributed by atoms with van der Waals surface area (Å²) < 4.78 is 2.26. The second kappa shape index (κ2) is 5.96. The average Bonchev–Trinajstić information content (AvgIpc) is 2.65. The number of hydrogen-bond donors (Lipinski definition) is 1. The summed E-state index contributed by atoms with van der Waals surface area (Å²) in [4.78, 5) is 4.83. The lowest BCUT2D eigenvalue weighted by atomic mass is 9.85. The molecule has 0 radical (unpaired) electrons. The first kappa shape index (κ1) is 13.6. The minimum Gasteiger partial charge on any atom is -0.331 e. The van der Waals surface area contributed by atoms with Crippen molar-refractivity contribution in [2.24, 2.45) is 24.6 Å². The molecule has 3 rings (SSSR count). The Bertz CT molecular complexity index is 573. The second-order valence-electron chi connectivity index (χ2n) is 6.17. The van der Waals surface area contributed by atoms with Gasteiger partial charge in [0.15, 0.2) is 0 Å². The fourth-order valence-corrected chi connectivity index (χ4v) is 3.65. The lowest BCUT2D eigenvalue weighted by Crippen LogP contribution is -2.25. The van der Waals surface area contributed by atoms with E-state index in [1.807, 2.05) is 0 Å². The predicted octanol–water partition coefficient (Wildman–Crippen LogP) is 3.27. The molecule has 0 saturated heterocycles. The van der Waals surface area contributed by atoms with Gasteiger partial charge in [0, 0.05) is 13.5 Å². The number of para-hydroxylation sites is 2. The van der Waals surface area contributed by atoms with Gasteiger partial charge < -0.3 is 10.3 Å². The number of nitrogens with zero attached hydrogens (tertiary/aromatic N) is 2. The van der Waals surface area contributed by atoms with E-state index in [0.717, 1.165) is 18.5 Å². The van der Waals surface area contributed by atoms with Crippen LogP contribution in [0.3, 0.4) is 0 Å². The molecule has 0 amide bonds. The molecule has 1 saturated carbocycles. The molecule has 0 aliphatic heterocycles. The van der Waals surface area contributed by atoms with Gasteiger partial charge >= 0.3 is 0 Å². The van der Waals surface area contributed by atoms with E-state index in [4.69, 9.17) is 10.7 Å². The third-order valence-electron chi connectivity index (χ3n) is 4.94. The van der Waals surface area contributed by atoms with Crippen molar-refractivity contribution in [3.05, 3.63) is 30.1 Å². The lowest BCUT2D eigenvalue weighted by Gasteiger charge is -2.23. The number of hydrogen-bond acceptors (Lipinski definition) is 2. The first-order valence-corrected chi connectivity index (χ1v) is 7.90. The molecular weight excluding hydrogens is 246 g/mol. The van der Waals surface area contributed by atoms with Gasteiger partial charge in [-0.2, -0.15) is 0 Å². The smallest absolute Gasteiger partial charge is 0.109 e. The van der Waals surface area contributed by atoms with E-state index in [2.05, 4.69) is 35.9 Å². The van der Waals surface area contributed by atoms with Gasteiger partial charge in [-0.15, -0.1) is 0 Å². The number of rotatable bonds is 3. The largest absolute Gasteiger partial charge is 0.331 e. The highest BCUT2D eigenvalue weighted by Crippen LogP contribution is 2.31. The lowest BCUT2D eigenvalue weighted by molar-refractivity contribution is 0.312. The summed E-state index contributed by atoms with van der Waals surface area (Å²) in [7, 11) is 2.14. The maximum Gasteiger partial charge on any atom is 0.109 e. The fraction of sp³-hybridized carbons (Fsp3) is 0.588. The van der Waals surface area contributed by atoms with Crippen molar-refractivity contribution in [3.63, 3.8) is 0 Å². The van der Waals surface area contributed by atoms with Crippen LogP contribution >= 0.6 is 0 Å². The van der Waals surface area contributed by atoms with Crippen molar-refractivity contribution in [3.8, 4) is 0 Å². The summed E-state index contributed by atoms with van der Waals surface area (Å²) in [6.07, 6.45) is 7.75. The average molecular weight is 271 g/mol. The molecule has 0 spiro atoms. The number of aromatic nitrogens is 2. The van der Waals surface area contributed by atoms with E-state index in [1.165, 1.54) is 43.4 Å². The first-order valence-electron chi connectivity index (χ1n) is 7.90. The van der Waals surface area contributed by atoms with Crippen LogP contribution in [-0.2, 0) is 13.5 Å². The van der Waals surface area contributed by atoms with Crippen LogP contribution in [0.1, 0.15) is 37.9 Å². The van der Waals surface area contributed by atoms with Gasteiger partial charge in [-0.05, 0) is 43.4 Å². The van der Waals surface area contributed by atoms with Crippen molar-refractivity contribution < 1.29 is 0 Å². The number of aryl methyl sites for hydroxylation is 1. The van der Waals surface area contributed by atoms with E-state index < -0.39 is 0 Å². The van der Waals surface area contributed by atoms with Gasteiger partial charge in [0.1, 0.15) is 5.82 Å². The quantitative estimate of drug-likeness (QED) is 0.871. The Labute approximate surface area is 121 Å². The van der Waals surface area contributed by atoms with E-state index in [-0.39, 0.29) is 0 Å². The molecule has 1 heterocycles. The Morgan fingerprint density at radius 3 is 2.65 bits per heavy atom. The molecular formula is C17H25N3. The topological polar surface area (TPSA) is 43.8 Å². The van der Waals surface area contributed by atoms with Crippen LogP contribution in [0.2, 0.25) is 0 Å². The van der Waals surface area contributed by atoms with Gasteiger partial charge in [-0.25, -0.2) is 4.98 Å². The second-order valence-corrected chi connectivity index (χ2v) is 6.17. The van der Waals surface area contributed by atoms with Gasteiger partial charge in [0.05, 0.1) is 11.0 Å². The third kappa shape index (κ3) is 2.59. The summed E-state index contributed by atoms with van der Waals surface area (Å²) in [6, 6.07) is 8.40. The normalized spacial score (nSPS) is 23.9. The van der Waals surface area contributed by atoms with Gasteiger partial charge in [-0.1, -0.05) is 31.4 Å². The van der Waals surface area contributed by atoms with Crippen molar-refractivity contribution in [2.75, 3.05) is 6.54 Å². The Balaban J connectivity index is 1.85. The van der Waals surface area contributed by atoms with Gasteiger partial charge in [-0.3, -0.25) is 0 Å². The molecule has 3 nitrogen and oxygen atoms in total. The Morgan fingerprint density at radius 2 is 1.90 bits per heavy atom. The monoisotopic (exact) mass is 271 g/mol. The van der Waals surface area contributed by atoms with E-state index in [1.54, 1.807) is 0 Å². The van der Waals surface area contributed by atoms with Crippen molar-refractivity contribution in [1.82, 2.24) is 9.55 Å². The molecule has 1 fully saturated rings. The molecule has 1 aliphatic carbocycles. The summed E-state index contributed by atoms with van der Waals surface area (Å²) in [5.74, 6) is 2.60. The molecule has 1 aromatic carbocycles. The maximum absolute atomic E-state index is 6.00. The SMILES string of the molecule is Cn1c(CC2CCCCCC2CN)nc2ccccc21. The zero-order chi connectivity index (χ0) is 13.9. The Hall–Kier alpha value is -1.35. The van der Waals surface area contributed by atoms with Crippen LogP contribution in [0.15, 0.2) is 24.3 Å². The Morgan fingerprint density at radius 1 is 1.15 bits per heavy atom. The van der Waals surface area contributed by atoms with Gasteiger partial charge in [0.2, 0.25) is 0 Å². The summed E-state index contributed by atoms with van der Waals surface area (Å²) in [5.41, 5.74) is 8.35. The molecule has 20 heavy (non-hydrogen) atoms. The molecule has 2 N–H and O–H groups in total. The number of nitrogens with two attached hydrogens (primary N) is 1. The van der Waals surface area contributed by atoms with Crippen molar-refractivity contribution >= 4 is 11.0 Å². The minimum absolute atomic E-state index is 0.678. The van der Waals surface area contributed by atoms with Crippen LogP contribution in [0.5, 0.6) is 0 Å². The summed E-state index contributed by atoms with van der Waals surface area (Å²) >= 11 is 0. The van der Waals surface area contributed by atoms with Gasteiger partial charge in [0.25, 0.3) is 0 Å². The van der Waals surface area contributed by atoms with E-state index in [9.17, 15) is 0 Å². The van der Waals surface area contributed by atoms with Crippen molar-refractivity contribution in [1.29, 1.82) is 0 Å². The van der Waals surface area contributed by atoms with Crippen LogP contribution < -0.4 is 5.73 Å². The summed E-state index contributed by atoms with van der Waals surface area (Å²) in [5, 5.41) is 0. The highest BCUT2D eigenvalue weighted by molar-refractivity contribution is 5.75. The molecule has 108 valence electrons. The number of benzene rings is 1.